The van der Waals surface area contributed by atoms with E-state index in [1.807, 2.05) is 6.92 Å². The van der Waals surface area contributed by atoms with E-state index in [9.17, 15) is 4.79 Å². The molecule has 1 aromatic rings. The van der Waals surface area contributed by atoms with Crippen molar-refractivity contribution in [1.82, 2.24) is 14.7 Å². The summed E-state index contributed by atoms with van der Waals surface area (Å²) in [4.78, 5) is 14.7. The lowest BCUT2D eigenvalue weighted by atomic mass is 10.0. The molecule has 0 aliphatic carbocycles. The Labute approximate surface area is 132 Å². The summed E-state index contributed by atoms with van der Waals surface area (Å²) in [5, 5.41) is 4.56. The highest BCUT2D eigenvalue weighted by atomic mass is 16.5. The number of piperidine rings is 1. The van der Waals surface area contributed by atoms with Crippen LogP contribution in [0.15, 0.2) is 6.07 Å². The molecule has 0 N–H and O–H groups in total. The number of nitrogens with zero attached hydrogens (tertiary/aromatic N) is 3. The molecular weight excluding hydrogens is 278 g/mol. The van der Waals surface area contributed by atoms with Crippen LogP contribution in [0.1, 0.15) is 49.9 Å². The zero-order chi connectivity index (χ0) is 15.5. The molecule has 0 spiro atoms. The predicted molar refractivity (Wildman–Crippen MR) is 84.6 cm³/mol. The first-order valence-corrected chi connectivity index (χ1v) is 8.55. The van der Waals surface area contributed by atoms with E-state index in [1.54, 1.807) is 0 Å². The summed E-state index contributed by atoms with van der Waals surface area (Å²) in [5.74, 6) is 0.262. The van der Waals surface area contributed by atoms with Crippen molar-refractivity contribution in [1.29, 1.82) is 0 Å². The van der Waals surface area contributed by atoms with Crippen LogP contribution in [0.5, 0.6) is 0 Å². The number of amides is 1. The minimum atomic E-state index is 0.142. The van der Waals surface area contributed by atoms with Crippen LogP contribution in [0.4, 0.5) is 0 Å². The maximum Gasteiger partial charge on any atom is 0.225 e. The maximum absolute atomic E-state index is 12.7. The van der Waals surface area contributed by atoms with E-state index in [1.165, 1.54) is 12.1 Å². The minimum absolute atomic E-state index is 0.142. The Hall–Kier alpha value is -1.36. The van der Waals surface area contributed by atoms with E-state index in [0.717, 1.165) is 51.1 Å². The maximum atomic E-state index is 12.7. The van der Waals surface area contributed by atoms with Gasteiger partial charge in [-0.05, 0) is 52.0 Å². The second-order valence-corrected chi connectivity index (χ2v) is 6.69. The van der Waals surface area contributed by atoms with E-state index >= 15 is 0 Å². The first kappa shape index (κ1) is 15.5. The van der Waals surface area contributed by atoms with E-state index < -0.39 is 0 Å². The molecular formula is C17H27N3O2. The molecule has 0 unspecified atom stereocenters. The molecule has 0 aromatic carbocycles. The Morgan fingerprint density at radius 2 is 2.18 bits per heavy atom. The van der Waals surface area contributed by atoms with Gasteiger partial charge in [-0.1, -0.05) is 0 Å². The van der Waals surface area contributed by atoms with Crippen molar-refractivity contribution in [2.45, 2.75) is 71.1 Å². The fourth-order valence-corrected chi connectivity index (χ4v) is 3.70. The second-order valence-electron chi connectivity index (χ2n) is 6.69. The Morgan fingerprint density at radius 1 is 1.32 bits per heavy atom. The summed E-state index contributed by atoms with van der Waals surface area (Å²) in [6.07, 6.45) is 6.21. The van der Waals surface area contributed by atoms with Gasteiger partial charge < -0.3 is 9.64 Å². The van der Waals surface area contributed by atoms with Crippen molar-refractivity contribution in [3.05, 3.63) is 17.5 Å². The third-order valence-corrected chi connectivity index (χ3v) is 4.86. The van der Waals surface area contributed by atoms with Gasteiger partial charge in [0, 0.05) is 18.8 Å². The fraction of sp³-hybridized carbons (Fsp3) is 0.765. The van der Waals surface area contributed by atoms with E-state index in [0.29, 0.717) is 6.42 Å². The number of carbonyl (C=O) groups is 1. The molecule has 1 aromatic heterocycles. The average Bonchev–Trinajstić information content (AvgIpc) is 3.10. The molecule has 22 heavy (non-hydrogen) atoms. The summed E-state index contributed by atoms with van der Waals surface area (Å²) in [7, 11) is 0. The number of ether oxygens (including phenoxy) is 1. The SMILES string of the molecule is Cc1cc(C)n(C[C@H]2CCCCN2C(=O)C[C@H]2CCCO2)n1. The van der Waals surface area contributed by atoms with Crippen molar-refractivity contribution in [3.63, 3.8) is 0 Å². The monoisotopic (exact) mass is 305 g/mol. The lowest BCUT2D eigenvalue weighted by molar-refractivity contribution is -0.137. The molecule has 2 saturated heterocycles. The molecule has 0 radical (unpaired) electrons. The summed E-state index contributed by atoms with van der Waals surface area (Å²) >= 11 is 0. The van der Waals surface area contributed by atoms with Gasteiger partial charge >= 0.3 is 0 Å². The van der Waals surface area contributed by atoms with Gasteiger partial charge in [0.15, 0.2) is 0 Å². The van der Waals surface area contributed by atoms with E-state index in [2.05, 4.69) is 27.7 Å². The first-order valence-electron chi connectivity index (χ1n) is 8.55. The van der Waals surface area contributed by atoms with Gasteiger partial charge in [0.2, 0.25) is 5.91 Å². The second kappa shape index (κ2) is 6.82. The predicted octanol–water partition coefficient (Wildman–Crippen LogP) is 2.45. The third kappa shape index (κ3) is 3.51. The van der Waals surface area contributed by atoms with Gasteiger partial charge in [-0.15, -0.1) is 0 Å². The van der Waals surface area contributed by atoms with Crippen LogP contribution in [0.25, 0.3) is 0 Å². The smallest absolute Gasteiger partial charge is 0.225 e. The van der Waals surface area contributed by atoms with Crippen molar-refractivity contribution in [2.24, 2.45) is 0 Å². The van der Waals surface area contributed by atoms with Crippen LogP contribution in [0.2, 0.25) is 0 Å². The molecule has 2 aliphatic rings. The Bertz CT molecular complexity index is 520. The molecule has 5 heteroatoms. The van der Waals surface area contributed by atoms with Gasteiger partial charge in [-0.3, -0.25) is 9.48 Å². The number of aryl methyl sites for hydroxylation is 2. The van der Waals surface area contributed by atoms with Crippen LogP contribution < -0.4 is 0 Å². The minimum Gasteiger partial charge on any atom is -0.378 e. The fourth-order valence-electron chi connectivity index (χ4n) is 3.70. The number of hydrogen-bond acceptors (Lipinski definition) is 3. The number of carbonyl (C=O) groups excluding carboxylic acids is 1. The van der Waals surface area contributed by atoms with Crippen molar-refractivity contribution < 1.29 is 9.53 Å². The molecule has 5 nitrogen and oxygen atoms in total. The highest BCUT2D eigenvalue weighted by Crippen LogP contribution is 2.23. The van der Waals surface area contributed by atoms with Crippen LogP contribution in [-0.2, 0) is 16.1 Å². The standard InChI is InChI=1S/C17H27N3O2/c1-13-10-14(2)20(18-13)12-15-6-3-4-8-19(15)17(21)11-16-7-5-9-22-16/h10,15-16H,3-9,11-12H2,1-2H3/t15-,16-/m1/s1. The lowest BCUT2D eigenvalue weighted by Gasteiger charge is -2.36. The Kier molecular flexibility index (Phi) is 4.81. The number of aromatic nitrogens is 2. The van der Waals surface area contributed by atoms with Crippen LogP contribution >= 0.6 is 0 Å². The highest BCUT2D eigenvalue weighted by Gasteiger charge is 2.30. The Morgan fingerprint density at radius 3 is 2.86 bits per heavy atom. The summed E-state index contributed by atoms with van der Waals surface area (Å²) in [6.45, 7) is 6.62. The molecule has 3 rings (SSSR count). The highest BCUT2D eigenvalue weighted by molar-refractivity contribution is 5.77. The molecule has 2 atom stereocenters. The van der Waals surface area contributed by atoms with Gasteiger partial charge in [-0.2, -0.15) is 5.10 Å². The molecule has 0 bridgehead atoms. The molecule has 2 aliphatic heterocycles. The zero-order valence-corrected chi connectivity index (χ0v) is 13.8. The number of hydrogen-bond donors (Lipinski definition) is 0. The van der Waals surface area contributed by atoms with Gasteiger partial charge in [0.05, 0.1) is 30.8 Å². The van der Waals surface area contributed by atoms with Gasteiger partial charge in [0.25, 0.3) is 0 Å². The number of rotatable bonds is 4. The molecule has 3 heterocycles. The number of likely N-dealkylation sites (tertiary alicyclic amines) is 1. The van der Waals surface area contributed by atoms with Crippen molar-refractivity contribution in [3.8, 4) is 0 Å². The lowest BCUT2D eigenvalue weighted by Crippen LogP contribution is -2.46. The van der Waals surface area contributed by atoms with Gasteiger partial charge in [-0.25, -0.2) is 0 Å². The Balaban J connectivity index is 1.65. The first-order chi connectivity index (χ1) is 10.6. The molecule has 2 fully saturated rings. The average molecular weight is 305 g/mol. The molecule has 1 amide bonds. The van der Waals surface area contributed by atoms with E-state index in [-0.39, 0.29) is 18.1 Å². The summed E-state index contributed by atoms with van der Waals surface area (Å²) in [5.41, 5.74) is 2.22. The molecule has 122 valence electrons. The zero-order valence-electron chi connectivity index (χ0n) is 13.8. The normalized spacial score (nSPS) is 25.6. The van der Waals surface area contributed by atoms with E-state index in [4.69, 9.17) is 4.74 Å². The van der Waals surface area contributed by atoms with Crippen LogP contribution in [0, 0.1) is 13.8 Å². The third-order valence-electron chi connectivity index (χ3n) is 4.86. The summed E-state index contributed by atoms with van der Waals surface area (Å²) in [6, 6.07) is 2.38. The van der Waals surface area contributed by atoms with Crippen LogP contribution in [-0.4, -0.2) is 45.9 Å². The van der Waals surface area contributed by atoms with Crippen LogP contribution in [0.3, 0.4) is 0 Å². The van der Waals surface area contributed by atoms with Crippen molar-refractivity contribution >= 4 is 5.91 Å². The quantitative estimate of drug-likeness (QED) is 0.858. The summed E-state index contributed by atoms with van der Waals surface area (Å²) < 4.78 is 7.68. The largest absolute Gasteiger partial charge is 0.378 e. The van der Waals surface area contributed by atoms with Gasteiger partial charge in [0.1, 0.15) is 0 Å². The molecule has 0 saturated carbocycles. The topological polar surface area (TPSA) is 47.4 Å². The van der Waals surface area contributed by atoms with Crippen molar-refractivity contribution in [2.75, 3.05) is 13.2 Å².